The molecule has 0 bridgehead atoms. The molecule has 0 radical (unpaired) electrons. The lowest BCUT2D eigenvalue weighted by Gasteiger charge is -2.45. The molecule has 0 aliphatic carbocycles. The number of halogens is 2. The van der Waals surface area contributed by atoms with Gasteiger partial charge >= 0.3 is 6.01 Å². The van der Waals surface area contributed by atoms with Crippen LogP contribution in [0.1, 0.15) is 19.4 Å². The van der Waals surface area contributed by atoms with E-state index < -0.39 is 5.72 Å². The molecule has 0 N–H and O–H groups in total. The fraction of sp³-hybridized carbons (Fsp3) is 0.200. The summed E-state index contributed by atoms with van der Waals surface area (Å²) >= 11 is 11.7. The van der Waals surface area contributed by atoms with Crippen molar-refractivity contribution in [3.63, 3.8) is 0 Å². The number of aromatic nitrogens is 3. The maximum atomic E-state index is 6.76. The van der Waals surface area contributed by atoms with Gasteiger partial charge in [-0.05, 0) is 72.3 Å². The SMILES string of the molecule is CN1c2ccccc2C(C)(C)C12C=Nc1c(ccc3ccc(Oc4nc(Cl)nc(Cl)n4)cc13)O2. The molecule has 1 aromatic heterocycles. The summed E-state index contributed by atoms with van der Waals surface area (Å²) in [7, 11) is 2.04. The van der Waals surface area contributed by atoms with E-state index >= 15 is 0 Å². The molecule has 34 heavy (non-hydrogen) atoms. The number of fused-ring (bicyclic) bond motifs is 4. The monoisotopic (exact) mass is 491 g/mol. The third-order valence-electron chi connectivity index (χ3n) is 6.66. The smallest absolute Gasteiger partial charge is 0.327 e. The van der Waals surface area contributed by atoms with Crippen LogP contribution in [0.5, 0.6) is 17.5 Å². The molecular formula is C25H19Cl2N5O2. The number of rotatable bonds is 2. The molecule has 3 heterocycles. The Morgan fingerprint density at radius 3 is 2.44 bits per heavy atom. The van der Waals surface area contributed by atoms with E-state index in [9.17, 15) is 0 Å². The summed E-state index contributed by atoms with van der Waals surface area (Å²) in [5.41, 5.74) is 2.02. The summed E-state index contributed by atoms with van der Waals surface area (Å²) in [6.45, 7) is 4.37. The zero-order chi connectivity index (χ0) is 23.7. The highest BCUT2D eigenvalue weighted by molar-refractivity contribution is 6.31. The van der Waals surface area contributed by atoms with E-state index in [0.29, 0.717) is 11.5 Å². The van der Waals surface area contributed by atoms with Gasteiger partial charge in [-0.1, -0.05) is 30.3 Å². The van der Waals surface area contributed by atoms with Crippen molar-refractivity contribution >= 4 is 51.6 Å². The van der Waals surface area contributed by atoms with Gasteiger partial charge in [0.2, 0.25) is 16.3 Å². The number of likely N-dealkylation sites (N-methyl/N-ethyl adjacent to an activating group) is 1. The second-order valence-corrected chi connectivity index (χ2v) is 9.49. The molecule has 9 heteroatoms. The molecule has 0 saturated heterocycles. The largest absolute Gasteiger partial charge is 0.459 e. The topological polar surface area (TPSA) is 72.7 Å². The van der Waals surface area contributed by atoms with E-state index in [1.165, 1.54) is 5.56 Å². The lowest BCUT2D eigenvalue weighted by Crippen LogP contribution is -2.61. The lowest BCUT2D eigenvalue weighted by molar-refractivity contribution is 0.0826. The van der Waals surface area contributed by atoms with Crippen LogP contribution in [0.2, 0.25) is 10.6 Å². The van der Waals surface area contributed by atoms with Crippen molar-refractivity contribution in [3.8, 4) is 17.5 Å². The van der Waals surface area contributed by atoms with E-state index in [-0.39, 0.29) is 22.0 Å². The summed E-state index contributed by atoms with van der Waals surface area (Å²) < 4.78 is 12.5. The van der Waals surface area contributed by atoms with Gasteiger partial charge in [0.1, 0.15) is 17.2 Å². The minimum absolute atomic E-state index is 0.0138. The fourth-order valence-electron chi connectivity index (χ4n) is 4.88. The predicted molar refractivity (Wildman–Crippen MR) is 133 cm³/mol. The van der Waals surface area contributed by atoms with Gasteiger partial charge in [0.15, 0.2) is 0 Å². The molecule has 2 aliphatic heterocycles. The van der Waals surface area contributed by atoms with E-state index in [1.807, 2.05) is 49.7 Å². The minimum atomic E-state index is -0.746. The molecule has 4 aromatic rings. The molecule has 6 rings (SSSR count). The average molecular weight is 492 g/mol. The molecule has 1 atom stereocenters. The van der Waals surface area contributed by atoms with Crippen molar-refractivity contribution in [1.82, 2.24) is 15.0 Å². The molecule has 1 unspecified atom stereocenters. The van der Waals surface area contributed by atoms with E-state index in [4.69, 9.17) is 37.7 Å². The molecular weight excluding hydrogens is 473 g/mol. The van der Waals surface area contributed by atoms with Crippen LogP contribution in [0.4, 0.5) is 11.4 Å². The van der Waals surface area contributed by atoms with Crippen LogP contribution >= 0.6 is 23.2 Å². The van der Waals surface area contributed by atoms with Gasteiger partial charge in [-0.25, -0.2) is 0 Å². The quantitative estimate of drug-likeness (QED) is 0.325. The van der Waals surface area contributed by atoms with E-state index in [2.05, 4.69) is 51.9 Å². The maximum Gasteiger partial charge on any atom is 0.327 e. The lowest BCUT2D eigenvalue weighted by atomic mass is 9.77. The van der Waals surface area contributed by atoms with Crippen LogP contribution in [-0.4, -0.2) is 33.9 Å². The number of para-hydroxylation sites is 1. The molecule has 170 valence electrons. The second-order valence-electron chi connectivity index (χ2n) is 8.81. The maximum absolute atomic E-state index is 6.76. The number of benzene rings is 3. The van der Waals surface area contributed by atoms with Crippen molar-refractivity contribution in [2.45, 2.75) is 25.0 Å². The Bertz CT molecular complexity index is 1490. The van der Waals surface area contributed by atoms with Crippen molar-refractivity contribution in [1.29, 1.82) is 0 Å². The zero-order valence-electron chi connectivity index (χ0n) is 18.6. The minimum Gasteiger partial charge on any atom is -0.459 e. The van der Waals surface area contributed by atoms with Crippen molar-refractivity contribution in [3.05, 3.63) is 70.7 Å². The number of anilines is 1. The molecule has 0 fully saturated rings. The second kappa shape index (κ2) is 7.29. The van der Waals surface area contributed by atoms with Crippen LogP contribution in [0.3, 0.4) is 0 Å². The van der Waals surface area contributed by atoms with Crippen molar-refractivity contribution < 1.29 is 9.47 Å². The van der Waals surface area contributed by atoms with E-state index in [0.717, 1.165) is 22.1 Å². The Labute approximate surface area is 206 Å². The number of hydrogen-bond donors (Lipinski definition) is 0. The van der Waals surface area contributed by atoms with Crippen LogP contribution in [-0.2, 0) is 5.41 Å². The van der Waals surface area contributed by atoms with Crippen molar-refractivity contribution in [2.75, 3.05) is 11.9 Å². The predicted octanol–water partition coefficient (Wildman–Crippen LogP) is 6.34. The third kappa shape index (κ3) is 2.97. The first-order valence-corrected chi connectivity index (χ1v) is 11.4. The third-order valence-corrected chi connectivity index (χ3v) is 7.00. The molecule has 0 saturated carbocycles. The fourth-order valence-corrected chi connectivity index (χ4v) is 5.23. The summed E-state index contributed by atoms with van der Waals surface area (Å²) in [6, 6.07) is 18.0. The van der Waals surface area contributed by atoms with Crippen LogP contribution in [0.25, 0.3) is 10.8 Å². The first-order valence-electron chi connectivity index (χ1n) is 10.7. The Balaban J connectivity index is 1.42. The Morgan fingerprint density at radius 2 is 1.68 bits per heavy atom. The van der Waals surface area contributed by atoms with Crippen molar-refractivity contribution in [2.24, 2.45) is 4.99 Å². The standard InChI is InChI=1S/C25H19Cl2N5O2/c1-24(2)17-6-4-5-7-18(17)32(3)25(24)13-28-20-16-12-15(10-8-14(16)9-11-19(20)34-25)33-23-30-21(26)29-22(27)31-23/h4-13H,1-3H3. The Kier molecular flexibility index (Phi) is 4.53. The number of ether oxygens (including phenoxy) is 2. The summed E-state index contributed by atoms with van der Waals surface area (Å²) in [4.78, 5) is 18.8. The van der Waals surface area contributed by atoms with Gasteiger partial charge in [0, 0.05) is 18.1 Å². The first-order chi connectivity index (χ1) is 16.3. The van der Waals surface area contributed by atoms with Crippen LogP contribution < -0.4 is 14.4 Å². The average Bonchev–Trinajstić information content (AvgIpc) is 2.97. The van der Waals surface area contributed by atoms with Gasteiger partial charge in [-0.15, -0.1) is 0 Å². The van der Waals surface area contributed by atoms with Gasteiger partial charge < -0.3 is 14.4 Å². The normalized spacial score (nSPS) is 19.7. The molecule has 1 spiro atoms. The summed E-state index contributed by atoms with van der Waals surface area (Å²) in [5.74, 6) is 1.21. The van der Waals surface area contributed by atoms with Gasteiger partial charge in [-0.3, -0.25) is 4.99 Å². The highest BCUT2D eigenvalue weighted by Crippen LogP contribution is 2.54. The highest BCUT2D eigenvalue weighted by atomic mass is 35.5. The molecule has 7 nitrogen and oxygen atoms in total. The van der Waals surface area contributed by atoms with Gasteiger partial charge in [-0.2, -0.15) is 15.0 Å². The Morgan fingerprint density at radius 1 is 0.941 bits per heavy atom. The number of aliphatic imine (C=N–C) groups is 1. The number of hydrogen-bond acceptors (Lipinski definition) is 7. The van der Waals surface area contributed by atoms with Gasteiger partial charge in [0.25, 0.3) is 0 Å². The molecule has 2 aliphatic rings. The molecule has 3 aromatic carbocycles. The number of nitrogens with zero attached hydrogens (tertiary/aromatic N) is 5. The Hall–Kier alpha value is -3.42. The summed E-state index contributed by atoms with van der Waals surface area (Å²) in [6.07, 6.45) is 1.91. The summed E-state index contributed by atoms with van der Waals surface area (Å²) in [5, 5.41) is 1.79. The van der Waals surface area contributed by atoms with Crippen LogP contribution in [0, 0.1) is 0 Å². The van der Waals surface area contributed by atoms with Crippen LogP contribution in [0.15, 0.2) is 59.6 Å². The van der Waals surface area contributed by atoms with E-state index in [1.54, 1.807) is 0 Å². The first kappa shape index (κ1) is 21.1. The molecule has 0 amide bonds. The highest BCUT2D eigenvalue weighted by Gasteiger charge is 2.58. The van der Waals surface area contributed by atoms with Gasteiger partial charge in [0.05, 0.1) is 11.6 Å². The zero-order valence-corrected chi connectivity index (χ0v) is 20.1.